The molecule has 1 aromatic rings. The summed E-state index contributed by atoms with van der Waals surface area (Å²) >= 11 is 0. The number of aromatic carboxylic acids is 1. The van der Waals surface area contributed by atoms with Crippen LogP contribution in [-0.2, 0) is 14.8 Å². The van der Waals surface area contributed by atoms with Crippen molar-refractivity contribution in [3.63, 3.8) is 0 Å². The van der Waals surface area contributed by atoms with Gasteiger partial charge in [0.15, 0.2) is 0 Å². The highest BCUT2D eigenvalue weighted by Gasteiger charge is 2.18. The van der Waals surface area contributed by atoms with E-state index in [-0.39, 0.29) is 16.5 Å². The van der Waals surface area contributed by atoms with E-state index in [1.807, 2.05) is 6.92 Å². The fraction of sp³-hybridized carbons (Fsp3) is 0.417. The van der Waals surface area contributed by atoms with Crippen molar-refractivity contribution in [2.75, 3.05) is 26.1 Å². The van der Waals surface area contributed by atoms with Crippen LogP contribution < -0.4 is 10.0 Å². The van der Waals surface area contributed by atoms with E-state index in [4.69, 9.17) is 4.74 Å². The summed E-state index contributed by atoms with van der Waals surface area (Å²) < 4.78 is 30.4. The van der Waals surface area contributed by atoms with Gasteiger partial charge in [0.2, 0.25) is 10.0 Å². The summed E-state index contributed by atoms with van der Waals surface area (Å²) in [6, 6.07) is 3.79. The lowest BCUT2D eigenvalue weighted by Crippen LogP contribution is -2.23. The molecule has 0 radical (unpaired) electrons. The maximum atomic E-state index is 11.7. The molecule has 0 aliphatic rings. The number of carbonyl (C=O) groups is 1. The monoisotopic (exact) mass is 302 g/mol. The van der Waals surface area contributed by atoms with E-state index in [0.29, 0.717) is 12.3 Å². The second-order valence-electron chi connectivity index (χ2n) is 4.22. The van der Waals surface area contributed by atoms with E-state index >= 15 is 0 Å². The van der Waals surface area contributed by atoms with Gasteiger partial charge in [-0.05, 0) is 32.2 Å². The molecule has 0 saturated carbocycles. The fourth-order valence-electron chi connectivity index (χ4n) is 1.67. The van der Waals surface area contributed by atoms with E-state index in [2.05, 4.69) is 10.0 Å². The molecule has 0 heterocycles. The molecule has 8 heteroatoms. The Hall–Kier alpha value is -1.64. The summed E-state index contributed by atoms with van der Waals surface area (Å²) in [5.41, 5.74) is 0.237. The molecule has 0 saturated heterocycles. The predicted molar refractivity (Wildman–Crippen MR) is 74.6 cm³/mol. The molecule has 0 fully saturated rings. The Bertz CT molecular complexity index is 586. The molecule has 0 bridgehead atoms. The average molecular weight is 302 g/mol. The zero-order valence-corrected chi connectivity index (χ0v) is 12.3. The van der Waals surface area contributed by atoms with Gasteiger partial charge in [0, 0.05) is 18.8 Å². The Labute approximate surface area is 118 Å². The lowest BCUT2D eigenvalue weighted by molar-refractivity contribution is 0.0697. The van der Waals surface area contributed by atoms with E-state index in [0.717, 1.165) is 6.07 Å². The Morgan fingerprint density at radius 3 is 2.60 bits per heavy atom. The van der Waals surface area contributed by atoms with Gasteiger partial charge >= 0.3 is 5.97 Å². The SMILES string of the molecule is CNS(=O)(=O)c1ccc(N[C@@H](C)COC)c(C(=O)O)c1. The van der Waals surface area contributed by atoms with Gasteiger partial charge in [-0.2, -0.15) is 0 Å². The lowest BCUT2D eigenvalue weighted by atomic mass is 10.1. The number of benzene rings is 1. The number of hydrogen-bond acceptors (Lipinski definition) is 5. The van der Waals surface area contributed by atoms with Crippen LogP contribution in [0.1, 0.15) is 17.3 Å². The second-order valence-corrected chi connectivity index (χ2v) is 6.11. The Morgan fingerprint density at radius 1 is 1.45 bits per heavy atom. The fourth-order valence-corrected chi connectivity index (χ4v) is 2.42. The van der Waals surface area contributed by atoms with Crippen molar-refractivity contribution in [2.45, 2.75) is 17.9 Å². The number of carboxylic acids is 1. The van der Waals surface area contributed by atoms with E-state index < -0.39 is 16.0 Å². The number of hydrogen-bond donors (Lipinski definition) is 3. The van der Waals surface area contributed by atoms with Gasteiger partial charge in [-0.25, -0.2) is 17.9 Å². The van der Waals surface area contributed by atoms with Crippen LogP contribution >= 0.6 is 0 Å². The number of anilines is 1. The van der Waals surface area contributed by atoms with Crippen molar-refractivity contribution in [2.24, 2.45) is 0 Å². The molecule has 0 aliphatic carbocycles. The maximum absolute atomic E-state index is 11.7. The molecule has 112 valence electrons. The van der Waals surface area contributed by atoms with Crippen LogP contribution in [0.25, 0.3) is 0 Å². The van der Waals surface area contributed by atoms with Crippen LogP contribution in [0.4, 0.5) is 5.69 Å². The van der Waals surface area contributed by atoms with Gasteiger partial charge in [-0.1, -0.05) is 0 Å². The smallest absolute Gasteiger partial charge is 0.337 e. The third-order valence-electron chi connectivity index (χ3n) is 2.62. The highest BCUT2D eigenvalue weighted by molar-refractivity contribution is 7.89. The van der Waals surface area contributed by atoms with Crippen LogP contribution in [0.5, 0.6) is 0 Å². The first-order valence-electron chi connectivity index (χ1n) is 5.88. The maximum Gasteiger partial charge on any atom is 0.337 e. The van der Waals surface area contributed by atoms with Crippen LogP contribution in [0.3, 0.4) is 0 Å². The van der Waals surface area contributed by atoms with Crippen LogP contribution in [-0.4, -0.2) is 46.3 Å². The minimum atomic E-state index is -3.68. The van der Waals surface area contributed by atoms with Gasteiger partial charge in [0.1, 0.15) is 0 Å². The minimum absolute atomic E-state index is 0.0951. The first-order valence-corrected chi connectivity index (χ1v) is 7.36. The number of methoxy groups -OCH3 is 1. The number of carboxylic acid groups (broad SMARTS) is 1. The van der Waals surface area contributed by atoms with Crippen molar-refractivity contribution >= 4 is 21.7 Å². The molecular weight excluding hydrogens is 284 g/mol. The van der Waals surface area contributed by atoms with Crippen molar-refractivity contribution in [3.05, 3.63) is 23.8 Å². The quantitative estimate of drug-likeness (QED) is 0.686. The summed E-state index contributed by atoms with van der Waals surface area (Å²) in [6.45, 7) is 2.23. The molecule has 0 amide bonds. The molecule has 0 aromatic heterocycles. The molecule has 0 spiro atoms. The topological polar surface area (TPSA) is 105 Å². The third kappa shape index (κ3) is 3.92. The molecule has 0 unspecified atom stereocenters. The molecule has 1 rings (SSSR count). The Morgan fingerprint density at radius 2 is 2.10 bits per heavy atom. The zero-order valence-electron chi connectivity index (χ0n) is 11.5. The summed E-state index contributed by atoms with van der Waals surface area (Å²) in [6.07, 6.45) is 0. The van der Waals surface area contributed by atoms with Gasteiger partial charge in [-0.3, -0.25) is 0 Å². The third-order valence-corrected chi connectivity index (χ3v) is 4.03. The Kier molecular flexibility index (Phi) is 5.49. The Balaban J connectivity index is 3.18. The number of nitrogens with one attached hydrogen (secondary N) is 2. The van der Waals surface area contributed by atoms with Crippen molar-refractivity contribution < 1.29 is 23.1 Å². The molecule has 3 N–H and O–H groups in total. The summed E-state index contributed by atoms with van der Waals surface area (Å²) in [4.78, 5) is 11.1. The molecule has 1 atom stereocenters. The summed E-state index contributed by atoms with van der Waals surface area (Å²) in [5.74, 6) is -1.20. The molecule has 7 nitrogen and oxygen atoms in total. The van der Waals surface area contributed by atoms with E-state index in [1.54, 1.807) is 7.11 Å². The molecule has 20 heavy (non-hydrogen) atoms. The normalized spacial score (nSPS) is 12.9. The van der Waals surface area contributed by atoms with Gasteiger partial charge in [0.25, 0.3) is 0 Å². The van der Waals surface area contributed by atoms with Crippen LogP contribution in [0, 0.1) is 0 Å². The first kappa shape index (κ1) is 16.4. The van der Waals surface area contributed by atoms with Crippen molar-refractivity contribution in [1.29, 1.82) is 0 Å². The number of sulfonamides is 1. The van der Waals surface area contributed by atoms with E-state index in [1.165, 1.54) is 19.2 Å². The van der Waals surface area contributed by atoms with Gasteiger partial charge < -0.3 is 15.2 Å². The minimum Gasteiger partial charge on any atom is -0.478 e. The molecular formula is C12H18N2O5S. The van der Waals surface area contributed by atoms with Crippen LogP contribution in [0.15, 0.2) is 23.1 Å². The predicted octanol–water partition coefficient (Wildman–Crippen LogP) is 0.740. The summed E-state index contributed by atoms with van der Waals surface area (Å²) in [5, 5.41) is 12.2. The second kappa shape index (κ2) is 6.69. The largest absolute Gasteiger partial charge is 0.478 e. The van der Waals surface area contributed by atoms with Crippen LogP contribution in [0.2, 0.25) is 0 Å². The van der Waals surface area contributed by atoms with Gasteiger partial charge in [-0.15, -0.1) is 0 Å². The number of ether oxygens (including phenoxy) is 1. The highest BCUT2D eigenvalue weighted by Crippen LogP contribution is 2.21. The molecule has 1 aromatic carbocycles. The molecule has 0 aliphatic heterocycles. The summed E-state index contributed by atoms with van der Waals surface area (Å²) in [7, 11) is -0.868. The van der Waals surface area contributed by atoms with Crippen molar-refractivity contribution in [3.8, 4) is 0 Å². The van der Waals surface area contributed by atoms with E-state index in [9.17, 15) is 18.3 Å². The lowest BCUT2D eigenvalue weighted by Gasteiger charge is -2.16. The average Bonchev–Trinajstić information content (AvgIpc) is 2.38. The first-order chi connectivity index (χ1) is 9.31. The standard InChI is InChI=1S/C12H18N2O5S/c1-8(7-19-3)14-11-5-4-9(20(17,18)13-2)6-10(11)12(15)16/h4-6,8,13-14H,7H2,1-3H3,(H,15,16)/t8-/m0/s1. The zero-order chi connectivity index (χ0) is 15.3. The van der Waals surface area contributed by atoms with Crippen molar-refractivity contribution in [1.82, 2.24) is 4.72 Å². The highest BCUT2D eigenvalue weighted by atomic mass is 32.2. The van der Waals surface area contributed by atoms with Gasteiger partial charge in [0.05, 0.1) is 17.1 Å². The number of rotatable bonds is 7.